The van der Waals surface area contributed by atoms with E-state index in [4.69, 9.17) is 0 Å². The predicted molar refractivity (Wildman–Crippen MR) is 79.9 cm³/mol. The van der Waals surface area contributed by atoms with Crippen LogP contribution in [0.5, 0.6) is 0 Å². The highest BCUT2D eigenvalue weighted by atomic mass is 79.9. The maximum Gasteiger partial charge on any atom is 0.261 e. The topological polar surface area (TPSA) is 75.2 Å². The highest BCUT2D eigenvalue weighted by Crippen LogP contribution is 2.26. The average Bonchev–Trinajstić information content (AvgIpc) is 2.73. The molecule has 0 saturated carbocycles. The van der Waals surface area contributed by atoms with Gasteiger partial charge in [0.25, 0.3) is 11.8 Å². The van der Waals surface area contributed by atoms with Crippen LogP contribution in [0.2, 0.25) is 0 Å². The van der Waals surface area contributed by atoms with Crippen LogP contribution in [-0.4, -0.2) is 33.7 Å². The smallest absolute Gasteiger partial charge is 0.261 e. The molecule has 2 heterocycles. The Morgan fingerprint density at radius 1 is 1.14 bits per heavy atom. The molecule has 3 rings (SSSR count). The lowest BCUT2D eigenvalue weighted by Gasteiger charge is -2.12. The van der Waals surface area contributed by atoms with Gasteiger partial charge in [0.15, 0.2) is 0 Å². The second-order valence-electron chi connectivity index (χ2n) is 4.53. The van der Waals surface area contributed by atoms with Gasteiger partial charge in [-0.3, -0.25) is 19.5 Å². The monoisotopic (exact) mass is 346 g/mol. The molecule has 2 aromatic rings. The van der Waals surface area contributed by atoms with Crippen molar-refractivity contribution in [3.8, 4) is 0 Å². The van der Waals surface area contributed by atoms with E-state index in [1.165, 1.54) is 4.90 Å². The number of anilines is 1. The highest BCUT2D eigenvalue weighted by Gasteiger charge is 2.35. The van der Waals surface area contributed by atoms with Gasteiger partial charge in [-0.15, -0.1) is 0 Å². The number of nitrogens with zero attached hydrogens (tertiary/aromatic N) is 3. The van der Waals surface area contributed by atoms with Gasteiger partial charge in [-0.1, -0.05) is 15.9 Å². The van der Waals surface area contributed by atoms with Crippen LogP contribution in [0.15, 0.2) is 35.1 Å². The third kappa shape index (κ3) is 2.40. The van der Waals surface area contributed by atoms with Gasteiger partial charge in [0.1, 0.15) is 5.82 Å². The van der Waals surface area contributed by atoms with E-state index in [0.717, 1.165) is 4.47 Å². The van der Waals surface area contributed by atoms with Gasteiger partial charge in [0.05, 0.1) is 35.8 Å². The molecule has 0 radical (unpaired) electrons. The van der Waals surface area contributed by atoms with E-state index >= 15 is 0 Å². The lowest BCUT2D eigenvalue weighted by Crippen LogP contribution is -2.29. The minimum atomic E-state index is -0.309. The fraction of sp³-hybridized carbons (Fsp3) is 0.143. The number of carbonyl (C=O) groups is 2. The number of fused-ring (bicyclic) bond motifs is 1. The van der Waals surface area contributed by atoms with Crippen molar-refractivity contribution in [3.63, 3.8) is 0 Å². The molecule has 0 fully saturated rings. The highest BCUT2D eigenvalue weighted by molar-refractivity contribution is 9.10. The van der Waals surface area contributed by atoms with Crippen LogP contribution in [0.3, 0.4) is 0 Å². The van der Waals surface area contributed by atoms with Crippen LogP contribution in [0.1, 0.15) is 26.4 Å². The number of aromatic nitrogens is 2. The molecule has 1 N–H and O–H groups in total. The lowest BCUT2D eigenvalue weighted by molar-refractivity contribution is 0.0640. The number of hydrogen-bond donors (Lipinski definition) is 1. The van der Waals surface area contributed by atoms with Crippen LogP contribution in [0.4, 0.5) is 5.82 Å². The third-order valence-electron chi connectivity index (χ3n) is 3.21. The summed E-state index contributed by atoms with van der Waals surface area (Å²) in [5.41, 5.74) is 1.39. The fourth-order valence-corrected chi connectivity index (χ4v) is 2.50. The summed E-state index contributed by atoms with van der Waals surface area (Å²) in [6, 6.07) is 5.05. The number of benzene rings is 1. The Bertz CT molecular complexity index is 730. The molecule has 6 nitrogen and oxygen atoms in total. The van der Waals surface area contributed by atoms with Crippen molar-refractivity contribution in [2.24, 2.45) is 0 Å². The molecule has 0 spiro atoms. The second kappa shape index (κ2) is 5.25. The molecule has 0 aliphatic carbocycles. The summed E-state index contributed by atoms with van der Waals surface area (Å²) in [7, 11) is 1.74. The molecule has 0 saturated heterocycles. The first-order chi connectivity index (χ1) is 10.1. The summed E-state index contributed by atoms with van der Waals surface area (Å²) >= 11 is 3.30. The Morgan fingerprint density at radius 2 is 1.90 bits per heavy atom. The molecule has 106 valence electrons. The van der Waals surface area contributed by atoms with Crippen molar-refractivity contribution < 1.29 is 9.59 Å². The van der Waals surface area contributed by atoms with Crippen LogP contribution in [-0.2, 0) is 6.54 Å². The summed E-state index contributed by atoms with van der Waals surface area (Å²) in [5.74, 6) is 0.0165. The fourth-order valence-electron chi connectivity index (χ4n) is 2.13. The quantitative estimate of drug-likeness (QED) is 0.861. The zero-order valence-electron chi connectivity index (χ0n) is 11.1. The summed E-state index contributed by atoms with van der Waals surface area (Å²) in [6.07, 6.45) is 3.11. The van der Waals surface area contributed by atoms with Crippen molar-refractivity contribution >= 4 is 33.6 Å². The van der Waals surface area contributed by atoms with E-state index in [-0.39, 0.29) is 18.4 Å². The van der Waals surface area contributed by atoms with Gasteiger partial charge in [-0.05, 0) is 18.2 Å². The standard InChI is InChI=1S/C14H11BrN4O2/c1-16-12-6-17-9(5-18-12)7-19-13(20)10-3-2-8(15)4-11(10)14(19)21/h2-6H,7H2,1H3,(H,16,18). The molecule has 0 atom stereocenters. The Morgan fingerprint density at radius 3 is 2.57 bits per heavy atom. The van der Waals surface area contributed by atoms with Gasteiger partial charge in [0, 0.05) is 11.5 Å². The summed E-state index contributed by atoms with van der Waals surface area (Å²) < 4.78 is 0.766. The number of nitrogens with one attached hydrogen (secondary N) is 1. The van der Waals surface area contributed by atoms with Crippen molar-refractivity contribution in [3.05, 3.63) is 51.9 Å². The van der Waals surface area contributed by atoms with E-state index in [1.54, 1.807) is 37.6 Å². The van der Waals surface area contributed by atoms with Gasteiger partial charge in [-0.25, -0.2) is 4.98 Å². The zero-order chi connectivity index (χ0) is 15.0. The van der Waals surface area contributed by atoms with Gasteiger partial charge in [-0.2, -0.15) is 0 Å². The van der Waals surface area contributed by atoms with Gasteiger partial charge in [0.2, 0.25) is 0 Å². The SMILES string of the molecule is CNc1cnc(CN2C(=O)c3ccc(Br)cc3C2=O)cn1. The Hall–Kier alpha value is -2.28. The molecule has 1 aliphatic heterocycles. The van der Waals surface area contributed by atoms with E-state index in [1.807, 2.05) is 0 Å². The van der Waals surface area contributed by atoms with Crippen molar-refractivity contribution in [2.75, 3.05) is 12.4 Å². The number of rotatable bonds is 3. The molecule has 2 amide bonds. The van der Waals surface area contributed by atoms with E-state index < -0.39 is 0 Å². The Labute approximate surface area is 129 Å². The zero-order valence-corrected chi connectivity index (χ0v) is 12.7. The molecular weight excluding hydrogens is 336 g/mol. The maximum absolute atomic E-state index is 12.3. The first kappa shape index (κ1) is 13.7. The van der Waals surface area contributed by atoms with Crippen LogP contribution in [0.25, 0.3) is 0 Å². The third-order valence-corrected chi connectivity index (χ3v) is 3.71. The molecule has 1 aliphatic rings. The molecular formula is C14H11BrN4O2. The van der Waals surface area contributed by atoms with E-state index in [9.17, 15) is 9.59 Å². The second-order valence-corrected chi connectivity index (χ2v) is 5.45. The first-order valence-corrected chi connectivity index (χ1v) is 7.04. The van der Waals surface area contributed by atoms with Gasteiger partial charge >= 0.3 is 0 Å². The number of halogens is 1. The van der Waals surface area contributed by atoms with Crippen molar-refractivity contribution in [1.82, 2.24) is 14.9 Å². The normalized spacial score (nSPS) is 13.5. The molecule has 7 heteroatoms. The molecule has 0 bridgehead atoms. The van der Waals surface area contributed by atoms with E-state index in [0.29, 0.717) is 22.6 Å². The van der Waals surface area contributed by atoms with Crippen molar-refractivity contribution in [1.29, 1.82) is 0 Å². The molecule has 1 aromatic carbocycles. The van der Waals surface area contributed by atoms with Crippen LogP contribution < -0.4 is 5.32 Å². The summed E-state index contributed by atoms with van der Waals surface area (Å²) in [6.45, 7) is 0.112. The molecule has 21 heavy (non-hydrogen) atoms. The number of imide groups is 1. The van der Waals surface area contributed by atoms with Crippen LogP contribution in [0, 0.1) is 0 Å². The summed E-state index contributed by atoms with van der Waals surface area (Å²) in [4.78, 5) is 34.1. The predicted octanol–water partition coefficient (Wildman–Crippen LogP) is 2.08. The Kier molecular flexibility index (Phi) is 3.42. The number of amides is 2. The first-order valence-electron chi connectivity index (χ1n) is 6.24. The maximum atomic E-state index is 12.3. The van der Waals surface area contributed by atoms with Gasteiger partial charge < -0.3 is 5.32 Å². The van der Waals surface area contributed by atoms with Crippen LogP contribution >= 0.6 is 15.9 Å². The number of carbonyl (C=O) groups excluding carboxylic acids is 2. The molecule has 1 aromatic heterocycles. The average molecular weight is 347 g/mol. The summed E-state index contributed by atoms with van der Waals surface area (Å²) in [5, 5.41) is 2.86. The lowest BCUT2D eigenvalue weighted by atomic mass is 10.1. The molecule has 0 unspecified atom stereocenters. The van der Waals surface area contributed by atoms with Crippen molar-refractivity contribution in [2.45, 2.75) is 6.54 Å². The number of hydrogen-bond acceptors (Lipinski definition) is 5. The Balaban J connectivity index is 1.87. The largest absolute Gasteiger partial charge is 0.372 e. The minimum Gasteiger partial charge on any atom is -0.372 e. The van der Waals surface area contributed by atoms with E-state index in [2.05, 4.69) is 31.2 Å². The minimum absolute atomic E-state index is 0.112.